The van der Waals surface area contributed by atoms with Crippen LogP contribution >= 0.6 is 11.8 Å². The van der Waals surface area contributed by atoms with Crippen LogP contribution in [0.25, 0.3) is 0 Å². The van der Waals surface area contributed by atoms with Crippen LogP contribution in [0.15, 0.2) is 29.2 Å². The summed E-state index contributed by atoms with van der Waals surface area (Å²) in [6.45, 7) is 3.31. The Morgan fingerprint density at radius 3 is 2.54 bits per heavy atom. The number of nitro benzene ring substituents is 1. The maximum Gasteiger partial charge on any atom is 0.324 e. The van der Waals surface area contributed by atoms with E-state index in [1.807, 2.05) is 6.26 Å². The summed E-state index contributed by atoms with van der Waals surface area (Å²) in [6, 6.07) is 3.86. The largest absolute Gasteiger partial charge is 0.462 e. The van der Waals surface area contributed by atoms with Crippen molar-refractivity contribution >= 4 is 33.4 Å². The quantitative estimate of drug-likeness (QED) is 0.398. The molecular weight excluding hydrogens is 356 g/mol. The number of rotatable bonds is 9. The van der Waals surface area contributed by atoms with Crippen LogP contribution in [0.4, 0.5) is 5.69 Å². The van der Waals surface area contributed by atoms with Gasteiger partial charge in [0.15, 0.2) is 4.90 Å². The van der Waals surface area contributed by atoms with Crippen LogP contribution in [0.1, 0.15) is 20.3 Å². The number of sulfonamides is 1. The number of hydrogen-bond acceptors (Lipinski definition) is 7. The Balaban J connectivity index is 3.11. The van der Waals surface area contributed by atoms with Gasteiger partial charge in [0.1, 0.15) is 6.04 Å². The molecule has 1 atom stereocenters. The highest BCUT2D eigenvalue weighted by Crippen LogP contribution is 2.23. The zero-order chi connectivity index (χ0) is 18.3. The highest BCUT2D eigenvalue weighted by atomic mass is 32.2. The number of benzene rings is 1. The lowest BCUT2D eigenvalue weighted by Crippen LogP contribution is -2.43. The van der Waals surface area contributed by atoms with Crippen molar-refractivity contribution in [3.63, 3.8) is 0 Å². The second-order valence-corrected chi connectivity index (χ2v) is 7.83. The summed E-state index contributed by atoms with van der Waals surface area (Å²) in [5.41, 5.74) is -0.550. The van der Waals surface area contributed by atoms with Crippen molar-refractivity contribution in [1.29, 1.82) is 0 Å². The smallest absolute Gasteiger partial charge is 0.324 e. The number of nitro groups is 1. The number of nitrogens with zero attached hydrogens (tertiary/aromatic N) is 1. The van der Waals surface area contributed by atoms with Gasteiger partial charge in [0.25, 0.3) is 5.69 Å². The van der Waals surface area contributed by atoms with E-state index in [1.165, 1.54) is 23.9 Å². The molecule has 0 aliphatic heterocycles. The van der Waals surface area contributed by atoms with Gasteiger partial charge in [0, 0.05) is 6.07 Å². The topological polar surface area (TPSA) is 116 Å². The van der Waals surface area contributed by atoms with Crippen LogP contribution < -0.4 is 4.72 Å². The van der Waals surface area contributed by atoms with E-state index in [1.54, 1.807) is 13.8 Å². The molecule has 134 valence electrons. The monoisotopic (exact) mass is 376 g/mol. The van der Waals surface area contributed by atoms with E-state index in [4.69, 9.17) is 4.74 Å². The molecule has 8 nitrogen and oxygen atoms in total. The summed E-state index contributed by atoms with van der Waals surface area (Å²) in [5.74, 6) is -0.182. The molecule has 24 heavy (non-hydrogen) atoms. The Labute approximate surface area is 145 Å². The van der Waals surface area contributed by atoms with Gasteiger partial charge in [-0.1, -0.05) is 12.1 Å². The third kappa shape index (κ3) is 5.77. The maximum atomic E-state index is 12.5. The van der Waals surface area contributed by atoms with Crippen molar-refractivity contribution in [2.24, 2.45) is 0 Å². The van der Waals surface area contributed by atoms with Crippen molar-refractivity contribution in [3.05, 3.63) is 34.4 Å². The zero-order valence-corrected chi connectivity index (χ0v) is 15.2. The Morgan fingerprint density at radius 2 is 2.00 bits per heavy atom. The SMILES string of the molecule is CSCC[C@H](NS(=O)(=O)c1ccccc1[N+](=O)[O-])C(=O)OC(C)C. The number of esters is 1. The molecule has 0 radical (unpaired) electrons. The summed E-state index contributed by atoms with van der Waals surface area (Å²) in [4.78, 5) is 21.9. The van der Waals surface area contributed by atoms with Crippen molar-refractivity contribution in [2.75, 3.05) is 12.0 Å². The van der Waals surface area contributed by atoms with E-state index in [-0.39, 0.29) is 6.42 Å². The summed E-state index contributed by atoms with van der Waals surface area (Å²) in [7, 11) is -4.25. The van der Waals surface area contributed by atoms with Crippen molar-refractivity contribution in [2.45, 2.75) is 37.3 Å². The number of carbonyl (C=O) groups excluding carboxylic acids is 1. The van der Waals surface area contributed by atoms with E-state index in [9.17, 15) is 23.3 Å². The molecule has 0 aliphatic rings. The first-order valence-electron chi connectivity index (χ1n) is 7.14. The van der Waals surface area contributed by atoms with E-state index >= 15 is 0 Å². The van der Waals surface area contributed by atoms with E-state index in [0.29, 0.717) is 5.75 Å². The maximum absolute atomic E-state index is 12.5. The van der Waals surface area contributed by atoms with E-state index in [2.05, 4.69) is 4.72 Å². The molecule has 1 aromatic carbocycles. The third-order valence-corrected chi connectivity index (χ3v) is 5.06. The first-order valence-corrected chi connectivity index (χ1v) is 10.0. The molecule has 0 saturated heterocycles. The summed E-state index contributed by atoms with van der Waals surface area (Å²) < 4.78 is 32.3. The van der Waals surface area contributed by atoms with Crippen LogP contribution in [0.3, 0.4) is 0 Å². The zero-order valence-electron chi connectivity index (χ0n) is 13.6. The predicted octanol–water partition coefficient (Wildman–Crippen LogP) is 1.95. The molecule has 0 aliphatic carbocycles. The molecule has 0 aromatic heterocycles. The molecule has 0 heterocycles. The fourth-order valence-electron chi connectivity index (χ4n) is 1.86. The third-order valence-electron chi connectivity index (χ3n) is 2.90. The Hall–Kier alpha value is -1.65. The first-order chi connectivity index (χ1) is 11.2. The predicted molar refractivity (Wildman–Crippen MR) is 91.4 cm³/mol. The van der Waals surface area contributed by atoms with E-state index < -0.39 is 43.6 Å². The molecular formula is C14H20N2O6S2. The normalized spacial score (nSPS) is 12.8. The minimum atomic E-state index is -4.25. The Morgan fingerprint density at radius 1 is 1.38 bits per heavy atom. The Kier molecular flexibility index (Phi) is 7.64. The second kappa shape index (κ2) is 9.00. The van der Waals surface area contributed by atoms with Gasteiger partial charge < -0.3 is 4.74 Å². The molecule has 0 saturated carbocycles. The van der Waals surface area contributed by atoms with E-state index in [0.717, 1.165) is 12.1 Å². The number of thioether (sulfide) groups is 1. The minimum absolute atomic E-state index is 0.215. The second-order valence-electron chi connectivity index (χ2n) is 5.17. The fourth-order valence-corrected chi connectivity index (χ4v) is 3.72. The number of hydrogen-bond donors (Lipinski definition) is 1. The highest BCUT2D eigenvalue weighted by Gasteiger charge is 2.31. The number of nitrogens with one attached hydrogen (secondary N) is 1. The van der Waals surface area contributed by atoms with Crippen LogP contribution in [-0.2, 0) is 19.6 Å². The van der Waals surface area contributed by atoms with Gasteiger partial charge in [0.2, 0.25) is 10.0 Å². The molecule has 0 spiro atoms. The molecule has 1 rings (SSSR count). The molecule has 0 fully saturated rings. The van der Waals surface area contributed by atoms with Gasteiger partial charge in [-0.25, -0.2) is 8.42 Å². The summed E-state index contributed by atoms with van der Waals surface area (Å²) in [6.07, 6.45) is 1.64. The van der Waals surface area contributed by atoms with Crippen molar-refractivity contribution in [1.82, 2.24) is 4.72 Å². The fraction of sp³-hybridized carbons (Fsp3) is 0.500. The number of ether oxygens (including phenoxy) is 1. The minimum Gasteiger partial charge on any atom is -0.462 e. The summed E-state index contributed by atoms with van der Waals surface area (Å²) in [5, 5.41) is 11.0. The van der Waals surface area contributed by atoms with Crippen molar-refractivity contribution < 1.29 is 22.9 Å². The lowest BCUT2D eigenvalue weighted by atomic mass is 10.2. The van der Waals surface area contributed by atoms with Crippen molar-refractivity contribution in [3.8, 4) is 0 Å². The summed E-state index contributed by atoms with van der Waals surface area (Å²) >= 11 is 1.45. The van der Waals surface area contributed by atoms with Gasteiger partial charge >= 0.3 is 5.97 Å². The Bertz CT molecular complexity index is 690. The average molecular weight is 376 g/mol. The van der Waals surface area contributed by atoms with Gasteiger partial charge in [-0.3, -0.25) is 14.9 Å². The highest BCUT2D eigenvalue weighted by molar-refractivity contribution is 7.98. The molecule has 10 heteroatoms. The van der Waals surface area contributed by atoms with Gasteiger partial charge in [-0.15, -0.1) is 0 Å². The molecule has 0 unspecified atom stereocenters. The lowest BCUT2D eigenvalue weighted by molar-refractivity contribution is -0.387. The van der Waals surface area contributed by atoms with Gasteiger partial charge in [-0.05, 0) is 38.3 Å². The number of carbonyl (C=O) groups is 1. The first kappa shape index (κ1) is 20.4. The standard InChI is InChI=1S/C14H20N2O6S2/c1-10(2)22-14(17)11(8-9-23-3)15-24(20,21)13-7-5-4-6-12(13)16(18)19/h4-7,10-11,15H,8-9H2,1-3H3/t11-/m0/s1. The van der Waals surface area contributed by atoms with Crippen LogP contribution in [0.2, 0.25) is 0 Å². The molecule has 1 aromatic rings. The number of para-hydroxylation sites is 1. The van der Waals surface area contributed by atoms with Gasteiger partial charge in [-0.2, -0.15) is 16.5 Å². The molecule has 0 amide bonds. The van der Waals surface area contributed by atoms with Gasteiger partial charge in [0.05, 0.1) is 11.0 Å². The molecule has 0 bridgehead atoms. The average Bonchev–Trinajstić information content (AvgIpc) is 2.50. The lowest BCUT2D eigenvalue weighted by Gasteiger charge is -2.18. The molecule has 1 N–H and O–H groups in total. The van der Waals surface area contributed by atoms with Crippen LogP contribution in [0.5, 0.6) is 0 Å². The van der Waals surface area contributed by atoms with Crippen LogP contribution in [-0.4, -0.2) is 43.5 Å². The van der Waals surface area contributed by atoms with Crippen LogP contribution in [0, 0.1) is 10.1 Å².